The molecule has 8 aromatic heterocycles. The number of nitrogens with two attached hydrogens (primary N) is 4. The van der Waals surface area contributed by atoms with Gasteiger partial charge in [0.05, 0.1) is 99.8 Å². The first-order chi connectivity index (χ1) is 67.0. The third-order valence-electron chi connectivity index (χ3n) is 22.9. The van der Waals surface area contributed by atoms with Crippen molar-refractivity contribution in [2.24, 2.45) is 21.7 Å². The summed E-state index contributed by atoms with van der Waals surface area (Å²) >= 11 is 27.9. The van der Waals surface area contributed by atoms with Crippen LogP contribution >= 0.6 is 77.4 Å². The van der Waals surface area contributed by atoms with Gasteiger partial charge in [0.15, 0.2) is 69.6 Å². The van der Waals surface area contributed by atoms with Gasteiger partial charge in [-0.25, -0.2) is 58.5 Å². The predicted molar refractivity (Wildman–Crippen MR) is 522 cm³/mol. The third-order valence-corrected chi connectivity index (χ3v) is 31.6. The van der Waals surface area contributed by atoms with Gasteiger partial charge in [-0.2, -0.15) is 39.9 Å². The minimum Gasteiger partial charge on any atom is -0.476 e. The van der Waals surface area contributed by atoms with Crippen LogP contribution in [-0.4, -0.2) is 274 Å². The van der Waals surface area contributed by atoms with Crippen LogP contribution in [0.25, 0.3) is 44.7 Å². The van der Waals surface area contributed by atoms with Crippen LogP contribution in [0, 0.1) is 21.7 Å². The number of hydrogen-bond acceptors (Lipinski definition) is 44. The number of imidazole rings is 4. The highest BCUT2D eigenvalue weighted by atomic mass is 35.5. The normalized spacial score (nSPS) is 31.2. The van der Waals surface area contributed by atoms with Crippen molar-refractivity contribution in [2.45, 2.75) is 284 Å². The molecule has 60 heteroatoms. The highest BCUT2D eigenvalue weighted by Crippen LogP contribution is 2.63. The number of hydrogen-bond donors (Lipinski definition) is 8. The smallest absolute Gasteiger partial charge is 0.406 e. The molecule has 0 saturated carbocycles. The molecule has 0 amide bonds. The number of ether oxygens (including phenoxy) is 12. The average molecular weight is 2190 g/mol. The van der Waals surface area contributed by atoms with Crippen molar-refractivity contribution in [3.8, 4) is 23.5 Å². The average Bonchev–Trinajstić information content (AvgIpc) is 1.59. The Hall–Kier alpha value is -8.08. The van der Waals surface area contributed by atoms with Crippen LogP contribution in [0.15, 0.2) is 25.3 Å². The van der Waals surface area contributed by atoms with E-state index in [1.54, 1.807) is 157 Å². The van der Waals surface area contributed by atoms with E-state index >= 15 is 0 Å². The first-order valence-electron chi connectivity index (χ1n) is 46.4. The number of halogens is 4. The Balaban J connectivity index is 0.000000161. The number of nitrogen functional groups attached to an aromatic ring is 4. The second-order valence-corrected chi connectivity index (χ2v) is 50.2. The molecule has 8 saturated heterocycles. The largest absolute Gasteiger partial charge is 0.476 e. The number of nitrogens with zero attached hydrogens (tertiary/aromatic N) is 16. The van der Waals surface area contributed by atoms with E-state index < -0.39 is 170 Å². The molecule has 0 aromatic carbocycles. The summed E-state index contributed by atoms with van der Waals surface area (Å²) in [5.41, 5.74) is 24.0. The zero-order valence-corrected chi connectivity index (χ0v) is 90.8. The number of carbonyl (C=O) groups excluding carboxylic acids is 4. The summed E-state index contributed by atoms with van der Waals surface area (Å²) < 4.78 is 174. The molecule has 0 bridgehead atoms. The lowest BCUT2D eigenvalue weighted by Gasteiger charge is -2.36. The first-order valence-corrected chi connectivity index (χ1v) is 54.1. The van der Waals surface area contributed by atoms with Crippen molar-refractivity contribution in [2.75, 3.05) is 102 Å². The number of fused-ring (bicyclic) bond motifs is 8. The maximum absolute atomic E-state index is 13.4. The number of rotatable bonds is 28. The Morgan fingerprint density at radius 3 is 0.708 bits per heavy atom. The minimum absolute atomic E-state index is 0.00817. The van der Waals surface area contributed by atoms with E-state index in [1.807, 2.05) is 27.7 Å². The van der Waals surface area contributed by atoms with Crippen LogP contribution in [-0.2, 0) is 112 Å². The van der Waals surface area contributed by atoms with E-state index in [1.165, 1.54) is 25.3 Å². The number of esters is 4. The highest BCUT2D eigenvalue weighted by Gasteiger charge is 2.65. The minimum atomic E-state index is -3.79. The van der Waals surface area contributed by atoms with Gasteiger partial charge < -0.3 is 79.8 Å². The fraction of sp³-hybridized carbons (Fsp3) is 0.714. The van der Waals surface area contributed by atoms with Crippen molar-refractivity contribution in [1.29, 1.82) is 0 Å². The summed E-state index contributed by atoms with van der Waals surface area (Å²) in [5, 5.41) is 11.2. The fourth-order valence-electron chi connectivity index (χ4n) is 15.9. The number of alkyl halides is 4. The Labute approximate surface area is 850 Å². The van der Waals surface area contributed by atoms with E-state index in [9.17, 15) is 37.4 Å². The van der Waals surface area contributed by atoms with Gasteiger partial charge in [-0.15, -0.1) is 46.4 Å². The molecule has 8 fully saturated rings. The van der Waals surface area contributed by atoms with Crippen molar-refractivity contribution in [3.05, 3.63) is 25.3 Å². The Morgan fingerprint density at radius 1 is 0.361 bits per heavy atom. The van der Waals surface area contributed by atoms with Crippen LogP contribution in [0.4, 0.5) is 23.8 Å². The Bertz CT molecular complexity index is 5470. The molecule has 0 spiro atoms. The van der Waals surface area contributed by atoms with Crippen LogP contribution in [0.2, 0.25) is 0 Å². The van der Waals surface area contributed by atoms with Gasteiger partial charge >= 0.3 is 54.9 Å². The molecule has 8 aromatic rings. The van der Waals surface area contributed by atoms with Crippen LogP contribution in [0.1, 0.15) is 191 Å². The standard InChI is InChI=1S/4C21H32ClN6O7P/c4*1-7-31-16-13-15(25-19(23)26-16)28(10-24-13)17-21(6,22)14-12(34-17)9-33-36(30,35-14)27-11(2)8-32-18(29)20(3,4)5/h4*10-12,14,17H,7-9H2,1-6H3,(H,27,30)(H2,23,25,26)/t11?,12-,14-,17-,21-,36?;11-,12+,14+,17+,21+,36?;11-,12-,14-,17-,21-,36?;11-,12-,14-,17-,21-,36-/m1011/s1. The molecular formula is C84H128Cl4N24O28P4. The molecule has 52 nitrogen and oxygen atoms in total. The van der Waals surface area contributed by atoms with Gasteiger partial charge in [0.1, 0.15) is 94.8 Å². The van der Waals surface area contributed by atoms with Gasteiger partial charge in [0.2, 0.25) is 47.3 Å². The zero-order valence-electron chi connectivity index (χ0n) is 84.2. The highest BCUT2D eigenvalue weighted by molar-refractivity contribution is 7.52. The van der Waals surface area contributed by atoms with Crippen molar-refractivity contribution in [1.82, 2.24) is 98.4 Å². The monoisotopic (exact) mass is 2180 g/mol. The predicted octanol–water partition coefficient (Wildman–Crippen LogP) is 11.2. The van der Waals surface area contributed by atoms with Crippen LogP contribution < -0.4 is 62.2 Å². The quantitative estimate of drug-likeness (QED) is 0.00977. The maximum atomic E-state index is 13.4. The van der Waals surface area contributed by atoms with E-state index in [0.717, 1.165) is 0 Å². The lowest BCUT2D eigenvalue weighted by molar-refractivity contribution is -0.154. The molecule has 24 atom stereocenters. The molecule has 800 valence electrons. The third kappa shape index (κ3) is 25.0. The van der Waals surface area contributed by atoms with E-state index in [0.29, 0.717) is 71.1 Å². The number of anilines is 4. The molecular weight excluding hydrogens is 2060 g/mol. The second-order valence-electron chi connectivity index (χ2n) is 40.1. The summed E-state index contributed by atoms with van der Waals surface area (Å²) in [6.07, 6.45) is -2.84. The van der Waals surface area contributed by atoms with Gasteiger partial charge in [-0.3, -0.25) is 73.6 Å². The lowest BCUT2D eigenvalue weighted by Crippen LogP contribution is -2.46. The lowest BCUT2D eigenvalue weighted by atomic mass is 9.97. The maximum Gasteiger partial charge on any atom is 0.406 e. The van der Waals surface area contributed by atoms with Crippen molar-refractivity contribution in [3.63, 3.8) is 0 Å². The van der Waals surface area contributed by atoms with Crippen molar-refractivity contribution < 1.29 is 130 Å². The molecule has 16 rings (SSSR count). The molecule has 4 unspecified atom stereocenters. The Morgan fingerprint density at radius 2 is 0.542 bits per heavy atom. The molecule has 0 radical (unpaired) electrons. The van der Waals surface area contributed by atoms with E-state index in [4.69, 9.17) is 162 Å². The molecule has 144 heavy (non-hydrogen) atoms. The zero-order chi connectivity index (χ0) is 106. The van der Waals surface area contributed by atoms with E-state index in [2.05, 4.69) is 80.2 Å². The molecule has 0 aliphatic carbocycles. The summed E-state index contributed by atoms with van der Waals surface area (Å²) in [7, 11) is -15.2. The van der Waals surface area contributed by atoms with Gasteiger partial charge in [-0.1, -0.05) is 0 Å². The summed E-state index contributed by atoms with van der Waals surface area (Å²) in [6, 6.07) is -2.03. The van der Waals surface area contributed by atoms with Crippen molar-refractivity contribution >= 4 is 170 Å². The molecule has 8 aliphatic heterocycles. The summed E-state index contributed by atoms with van der Waals surface area (Å²) in [6.45, 7) is 43.3. The first kappa shape index (κ1) is 113. The number of aromatic nitrogens is 16. The topological polar surface area (TPSA) is 648 Å². The fourth-order valence-corrected chi connectivity index (χ4v) is 24.7. The van der Waals surface area contributed by atoms with Crippen LogP contribution in [0.3, 0.4) is 0 Å². The molecule has 16 heterocycles. The Kier molecular flexibility index (Phi) is 34.1. The second kappa shape index (κ2) is 43.5. The van der Waals surface area contributed by atoms with Gasteiger partial charge in [0, 0.05) is 24.2 Å². The summed E-state index contributed by atoms with van der Waals surface area (Å²) in [5.74, 6) is -0.450. The van der Waals surface area contributed by atoms with Gasteiger partial charge in [0.25, 0.3) is 0 Å². The molecule has 8 aliphatic rings. The van der Waals surface area contributed by atoms with E-state index in [-0.39, 0.29) is 124 Å². The van der Waals surface area contributed by atoms with Gasteiger partial charge in [-0.05, 0) is 166 Å². The molecule has 12 N–H and O–H groups in total. The van der Waals surface area contributed by atoms with Crippen LogP contribution in [0.5, 0.6) is 23.5 Å². The SMILES string of the molecule is CCOc1nc(N)nc2c1ncn2[C@@H]1O[C@@H]2COP(=O)(NC(C)COC(=O)C(C)(C)C)O[C@H]2[C@@]1(C)Cl.CCOc1nc(N)nc2c1ncn2[C@@H]1O[C@@H]2COP(=O)(N[C@@H](C)COC(=O)C(C)(C)C)O[C@H]2[C@@]1(C)Cl.CCOc1nc(N)nc2c1ncn2[C@@H]1O[C@@H]2COP(=O)(N[C@H](C)COC(=O)C(C)(C)C)O[C@H]2[C@@]1(C)Cl.CCOc1nc(N)nc2c1ncn2[C@@H]1O[C@@H]2CO[P@](=O)(N[C@H](C)COC(=O)C(C)(C)C)O[C@H]2[C@@]1(C)Cl. The number of carbonyl (C=O) groups is 4. The summed E-state index contributed by atoms with van der Waals surface area (Å²) in [4.78, 5) is 94.5. The number of nitrogens with one attached hydrogen (secondary N) is 4.